The third-order valence-electron chi connectivity index (χ3n) is 1.42. The number of rotatable bonds is 1. The quantitative estimate of drug-likeness (QED) is 0.464. The standard InChI is InChI=1S/C6H5BF2O2S/c7-3-1-5(9)6(12(10)11)2-4(3)8/h1-2,12H,7H2. The van der Waals surface area contributed by atoms with E-state index in [4.69, 9.17) is 0 Å². The molecule has 1 aromatic carbocycles. The predicted molar refractivity (Wildman–Crippen MR) is 43.1 cm³/mol. The Labute approximate surface area is 70.6 Å². The molecule has 0 bridgehead atoms. The van der Waals surface area contributed by atoms with Crippen molar-refractivity contribution in [2.24, 2.45) is 0 Å². The lowest BCUT2D eigenvalue weighted by Crippen LogP contribution is -2.10. The van der Waals surface area contributed by atoms with Gasteiger partial charge in [0.2, 0.25) is 0 Å². The molecule has 0 N–H and O–H groups in total. The summed E-state index contributed by atoms with van der Waals surface area (Å²) in [6.07, 6.45) is 0. The van der Waals surface area contributed by atoms with Crippen molar-refractivity contribution in [3.63, 3.8) is 0 Å². The van der Waals surface area contributed by atoms with E-state index in [1.165, 1.54) is 7.85 Å². The van der Waals surface area contributed by atoms with Crippen LogP contribution in [0.25, 0.3) is 0 Å². The Morgan fingerprint density at radius 3 is 2.25 bits per heavy atom. The van der Waals surface area contributed by atoms with Crippen LogP contribution in [0.15, 0.2) is 17.0 Å². The first kappa shape index (κ1) is 9.19. The van der Waals surface area contributed by atoms with Gasteiger partial charge < -0.3 is 0 Å². The molecule has 0 amide bonds. The zero-order valence-electron chi connectivity index (χ0n) is 6.17. The van der Waals surface area contributed by atoms with Crippen molar-refractivity contribution in [3.8, 4) is 0 Å². The maximum Gasteiger partial charge on any atom is 0.171 e. The average molecular weight is 190 g/mol. The lowest BCUT2D eigenvalue weighted by atomic mass is 9.96. The van der Waals surface area contributed by atoms with Crippen LogP contribution in [-0.2, 0) is 10.7 Å². The Morgan fingerprint density at radius 2 is 1.75 bits per heavy atom. The molecule has 1 aromatic rings. The number of hydrogen-bond donors (Lipinski definition) is 1. The highest BCUT2D eigenvalue weighted by atomic mass is 32.2. The van der Waals surface area contributed by atoms with Crippen molar-refractivity contribution < 1.29 is 17.2 Å². The molecule has 0 heterocycles. The molecular formula is C6H5BF2O2S. The highest BCUT2D eigenvalue weighted by Gasteiger charge is 2.08. The van der Waals surface area contributed by atoms with Crippen LogP contribution in [0.1, 0.15) is 0 Å². The van der Waals surface area contributed by atoms with Gasteiger partial charge >= 0.3 is 0 Å². The molecule has 6 heteroatoms. The van der Waals surface area contributed by atoms with Gasteiger partial charge in [-0.15, -0.1) is 0 Å². The molecule has 0 spiro atoms. The summed E-state index contributed by atoms with van der Waals surface area (Å²) in [5.41, 5.74) is 0.0908. The van der Waals surface area contributed by atoms with E-state index >= 15 is 0 Å². The minimum Gasteiger partial charge on any atom is -0.227 e. The first-order chi connectivity index (χ1) is 5.52. The van der Waals surface area contributed by atoms with Crippen LogP contribution in [0.3, 0.4) is 0 Å². The maximum absolute atomic E-state index is 12.7. The van der Waals surface area contributed by atoms with Gasteiger partial charge in [0.1, 0.15) is 24.4 Å². The zero-order valence-corrected chi connectivity index (χ0v) is 7.07. The first-order valence-corrected chi connectivity index (χ1v) is 4.30. The summed E-state index contributed by atoms with van der Waals surface area (Å²) in [5, 5.41) is 0. The molecule has 0 aliphatic carbocycles. The molecule has 0 saturated heterocycles. The number of thiol groups is 1. The Balaban J connectivity index is 3.43. The van der Waals surface area contributed by atoms with Gasteiger partial charge in [-0.3, -0.25) is 0 Å². The number of halogens is 2. The van der Waals surface area contributed by atoms with E-state index in [2.05, 4.69) is 0 Å². The monoisotopic (exact) mass is 190 g/mol. The summed E-state index contributed by atoms with van der Waals surface area (Å²) in [6.45, 7) is 0. The van der Waals surface area contributed by atoms with Gasteiger partial charge in [-0.1, -0.05) is 5.46 Å². The van der Waals surface area contributed by atoms with E-state index in [9.17, 15) is 17.2 Å². The molecule has 0 unspecified atom stereocenters. The van der Waals surface area contributed by atoms with Crippen LogP contribution in [0.2, 0.25) is 0 Å². The molecule has 0 saturated carbocycles. The second-order valence-corrected chi connectivity index (χ2v) is 3.31. The first-order valence-electron chi connectivity index (χ1n) is 3.12. The molecular weight excluding hydrogens is 185 g/mol. The second kappa shape index (κ2) is 3.22. The summed E-state index contributed by atoms with van der Waals surface area (Å²) in [4.78, 5) is -0.604. The largest absolute Gasteiger partial charge is 0.227 e. The maximum atomic E-state index is 12.7. The molecule has 64 valence electrons. The van der Waals surface area contributed by atoms with E-state index in [-0.39, 0.29) is 5.46 Å². The SMILES string of the molecule is Bc1cc(F)c([SH](=O)=O)cc1F. The molecule has 0 radical (unpaired) electrons. The summed E-state index contributed by atoms with van der Waals surface area (Å²) in [5.74, 6) is -1.63. The summed E-state index contributed by atoms with van der Waals surface area (Å²) >= 11 is 0. The summed E-state index contributed by atoms with van der Waals surface area (Å²) in [7, 11) is -1.70. The highest BCUT2D eigenvalue weighted by Crippen LogP contribution is 2.08. The Bertz CT molecular complexity index is 381. The van der Waals surface area contributed by atoms with E-state index in [1.807, 2.05) is 0 Å². The minimum absolute atomic E-state index is 0.0908. The molecule has 0 fully saturated rings. The second-order valence-electron chi connectivity index (χ2n) is 2.31. The Morgan fingerprint density at radius 1 is 1.17 bits per heavy atom. The van der Waals surface area contributed by atoms with Crippen LogP contribution in [0.4, 0.5) is 8.78 Å². The van der Waals surface area contributed by atoms with Crippen molar-refractivity contribution in [1.29, 1.82) is 0 Å². The fourth-order valence-electron chi connectivity index (χ4n) is 0.776. The summed E-state index contributed by atoms with van der Waals surface area (Å²) in [6, 6.07) is 1.53. The lowest BCUT2D eigenvalue weighted by Gasteiger charge is -1.98. The topological polar surface area (TPSA) is 34.1 Å². The molecule has 0 aliphatic rings. The van der Waals surface area contributed by atoms with E-state index in [0.29, 0.717) is 6.07 Å². The molecule has 0 atom stereocenters. The summed E-state index contributed by atoms with van der Waals surface area (Å²) < 4.78 is 46.0. The highest BCUT2D eigenvalue weighted by molar-refractivity contribution is 7.72. The van der Waals surface area contributed by atoms with Gasteiger partial charge in [0.05, 0.1) is 0 Å². The van der Waals surface area contributed by atoms with Gasteiger partial charge in [-0.05, 0) is 12.1 Å². The fourth-order valence-corrected chi connectivity index (χ4v) is 1.23. The average Bonchev–Trinajstić information content (AvgIpc) is 1.96. The lowest BCUT2D eigenvalue weighted by molar-refractivity contribution is 0.565. The van der Waals surface area contributed by atoms with Gasteiger partial charge in [-0.2, -0.15) is 0 Å². The van der Waals surface area contributed by atoms with Crippen molar-refractivity contribution in [3.05, 3.63) is 23.8 Å². The van der Waals surface area contributed by atoms with Crippen molar-refractivity contribution in [2.75, 3.05) is 0 Å². The van der Waals surface area contributed by atoms with Crippen LogP contribution < -0.4 is 5.46 Å². The fraction of sp³-hybridized carbons (Fsp3) is 0. The molecule has 1 rings (SSSR count). The van der Waals surface area contributed by atoms with Crippen LogP contribution in [-0.4, -0.2) is 16.3 Å². The predicted octanol–water partition coefficient (Wildman–Crippen LogP) is -0.806. The molecule has 0 aromatic heterocycles. The van der Waals surface area contributed by atoms with Gasteiger partial charge in [0.25, 0.3) is 0 Å². The number of hydrogen-bond acceptors (Lipinski definition) is 2. The third kappa shape index (κ3) is 1.63. The van der Waals surface area contributed by atoms with Crippen LogP contribution in [0, 0.1) is 11.6 Å². The molecule has 12 heavy (non-hydrogen) atoms. The molecule has 0 aliphatic heterocycles. The molecule has 2 nitrogen and oxygen atoms in total. The van der Waals surface area contributed by atoms with Crippen molar-refractivity contribution in [1.82, 2.24) is 0 Å². The van der Waals surface area contributed by atoms with Crippen LogP contribution >= 0.6 is 0 Å². The smallest absolute Gasteiger partial charge is 0.171 e. The normalized spacial score (nSPS) is 10.6. The zero-order chi connectivity index (χ0) is 9.30. The van der Waals surface area contributed by atoms with Crippen molar-refractivity contribution in [2.45, 2.75) is 4.90 Å². The van der Waals surface area contributed by atoms with Gasteiger partial charge in [0, 0.05) is 0 Å². The minimum atomic E-state index is -3.06. The van der Waals surface area contributed by atoms with Crippen molar-refractivity contribution >= 4 is 24.0 Å². The van der Waals surface area contributed by atoms with Crippen LogP contribution in [0.5, 0.6) is 0 Å². The van der Waals surface area contributed by atoms with Gasteiger partial charge in [0.15, 0.2) is 10.7 Å². The van der Waals surface area contributed by atoms with E-state index < -0.39 is 27.2 Å². The Kier molecular flexibility index (Phi) is 2.47. The van der Waals surface area contributed by atoms with E-state index in [1.54, 1.807) is 0 Å². The third-order valence-corrected chi connectivity index (χ3v) is 2.16. The Hall–Kier alpha value is -0.905. The number of benzene rings is 1. The van der Waals surface area contributed by atoms with E-state index in [0.717, 1.165) is 6.07 Å². The van der Waals surface area contributed by atoms with Gasteiger partial charge in [-0.25, -0.2) is 17.2 Å².